The van der Waals surface area contributed by atoms with Gasteiger partial charge in [0.1, 0.15) is 48.9 Å². The van der Waals surface area contributed by atoms with Gasteiger partial charge in [0.05, 0.1) is 6.04 Å². The van der Waals surface area contributed by atoms with Gasteiger partial charge in [-0.05, 0) is 110 Å². The van der Waals surface area contributed by atoms with Crippen molar-refractivity contribution in [2.45, 2.75) is 69.7 Å². The van der Waals surface area contributed by atoms with Gasteiger partial charge in [-0.1, -0.05) is 48.0 Å². The number of aliphatic hydroxyl groups excluding tert-OH is 1. The first-order chi connectivity index (χ1) is 30.1. The zero-order chi connectivity index (χ0) is 45.8. The molecule has 0 aromatic heterocycles. The van der Waals surface area contributed by atoms with Crippen LogP contribution in [-0.4, -0.2) is 108 Å². The Labute approximate surface area is 370 Å². The van der Waals surface area contributed by atoms with E-state index in [1.165, 1.54) is 44.0 Å². The molecule has 16 nitrogen and oxygen atoms in total. The maximum atomic E-state index is 14.6. The predicted molar refractivity (Wildman–Crippen MR) is 238 cm³/mol. The normalized spacial score (nSPS) is 17.2. The van der Waals surface area contributed by atoms with Crippen LogP contribution in [0.15, 0.2) is 84.9 Å². The van der Waals surface area contributed by atoms with Gasteiger partial charge < -0.3 is 52.6 Å². The fraction of sp³-hybridized carbons (Fsp3) is 0.348. The minimum Gasteiger partial charge on any atom is -0.507 e. The molecule has 17 heteroatoms. The van der Waals surface area contributed by atoms with Crippen molar-refractivity contribution in [3.05, 3.63) is 107 Å². The number of carbonyl (C=O) groups excluding carboxylic acids is 6. The van der Waals surface area contributed by atoms with E-state index in [1.54, 1.807) is 54.6 Å². The summed E-state index contributed by atoms with van der Waals surface area (Å²) in [5.74, 6) is -3.96. The van der Waals surface area contributed by atoms with E-state index in [9.17, 15) is 39.0 Å². The molecule has 334 valence electrons. The Hall–Kier alpha value is -6.33. The Balaban J connectivity index is 1.53. The Morgan fingerprint density at radius 3 is 2.21 bits per heavy atom. The van der Waals surface area contributed by atoms with Crippen molar-refractivity contribution in [3.8, 4) is 33.8 Å². The molecule has 0 radical (unpaired) electrons. The molecule has 1 unspecified atom stereocenters. The highest BCUT2D eigenvalue weighted by Crippen LogP contribution is 2.39. The van der Waals surface area contributed by atoms with E-state index in [2.05, 4.69) is 21.3 Å². The first-order valence-electron chi connectivity index (χ1n) is 20.6. The number of ketones is 1. The molecule has 5 amide bonds. The summed E-state index contributed by atoms with van der Waals surface area (Å²) in [6.07, 6.45) is 1.12. The van der Waals surface area contributed by atoms with E-state index >= 15 is 0 Å². The number of unbranched alkanes of at least 4 members (excludes halogenated alkanes) is 1. The molecule has 4 aromatic rings. The van der Waals surface area contributed by atoms with Crippen LogP contribution in [0.2, 0.25) is 5.02 Å². The van der Waals surface area contributed by atoms with Crippen LogP contribution in [0, 0.1) is 0 Å². The van der Waals surface area contributed by atoms with E-state index < -0.39 is 72.1 Å². The first-order valence-corrected chi connectivity index (χ1v) is 21.0. The van der Waals surface area contributed by atoms with Gasteiger partial charge in [-0.15, -0.1) is 0 Å². The van der Waals surface area contributed by atoms with Crippen LogP contribution in [0.1, 0.15) is 60.6 Å². The zero-order valence-electron chi connectivity index (χ0n) is 35.4. The van der Waals surface area contributed by atoms with Gasteiger partial charge in [0.25, 0.3) is 5.91 Å². The van der Waals surface area contributed by atoms with Gasteiger partial charge in [0.2, 0.25) is 23.6 Å². The number of amides is 5. The van der Waals surface area contributed by atoms with Crippen molar-refractivity contribution < 1.29 is 43.7 Å². The molecule has 5 rings (SSSR count). The molecular weight excluding hydrogens is 830 g/mol. The van der Waals surface area contributed by atoms with Crippen LogP contribution < -0.4 is 37.5 Å². The van der Waals surface area contributed by atoms with Crippen LogP contribution in [-0.2, 0) is 30.4 Å². The fourth-order valence-corrected chi connectivity index (χ4v) is 7.28. The second-order valence-electron chi connectivity index (χ2n) is 15.3. The average molecular weight is 884 g/mol. The molecule has 4 bridgehead atoms. The maximum Gasteiger partial charge on any atom is 0.251 e. The number of halogens is 1. The Morgan fingerprint density at radius 2 is 1.56 bits per heavy atom. The molecule has 1 aliphatic heterocycles. The Kier molecular flexibility index (Phi) is 16.8. The monoisotopic (exact) mass is 883 g/mol. The van der Waals surface area contributed by atoms with Gasteiger partial charge in [-0.3, -0.25) is 28.8 Å². The maximum absolute atomic E-state index is 14.6. The number of hydrogen-bond donors (Lipinski definition) is 8. The summed E-state index contributed by atoms with van der Waals surface area (Å²) in [5, 5.41) is 32.0. The minimum atomic E-state index is -1.43. The molecule has 0 spiro atoms. The number of ether oxygens (including phenoxy) is 1. The number of phenols is 1. The highest BCUT2D eigenvalue weighted by molar-refractivity contribution is 6.30. The lowest BCUT2D eigenvalue weighted by Crippen LogP contribution is -2.57. The highest BCUT2D eigenvalue weighted by Gasteiger charge is 2.36. The topological polar surface area (TPSA) is 256 Å². The number of hydrogen-bond acceptors (Lipinski definition) is 11. The van der Waals surface area contributed by atoms with Gasteiger partial charge in [0, 0.05) is 41.7 Å². The summed E-state index contributed by atoms with van der Waals surface area (Å²) >= 11 is 6.05. The first kappa shape index (κ1) is 47.7. The fourth-order valence-electron chi connectivity index (χ4n) is 7.15. The summed E-state index contributed by atoms with van der Waals surface area (Å²) in [6.45, 7) is 2.61. The van der Waals surface area contributed by atoms with E-state index in [4.69, 9.17) is 27.8 Å². The number of rotatable bonds is 16. The van der Waals surface area contributed by atoms with E-state index in [1.807, 2.05) is 12.1 Å². The molecule has 0 fully saturated rings. The van der Waals surface area contributed by atoms with Crippen molar-refractivity contribution in [2.24, 2.45) is 11.5 Å². The smallest absolute Gasteiger partial charge is 0.251 e. The van der Waals surface area contributed by atoms with Crippen LogP contribution >= 0.6 is 11.6 Å². The molecular formula is C46H54ClN7O9. The number of phenolic OH excluding ortho intramolecular Hbond substituents is 1. The molecule has 1 aliphatic rings. The molecule has 0 saturated heterocycles. The number of nitrogens with two attached hydrogens (primary N) is 2. The number of aromatic hydroxyl groups is 1. The Morgan fingerprint density at radius 1 is 0.873 bits per heavy atom. The second-order valence-corrected chi connectivity index (χ2v) is 15.8. The van der Waals surface area contributed by atoms with Crippen LogP contribution in [0.25, 0.3) is 22.3 Å². The molecule has 0 aliphatic carbocycles. The largest absolute Gasteiger partial charge is 0.507 e. The quantitative estimate of drug-likeness (QED) is 0.0760. The number of benzene rings is 4. The van der Waals surface area contributed by atoms with Crippen molar-refractivity contribution >= 4 is 46.9 Å². The lowest BCUT2D eigenvalue weighted by molar-refractivity contribution is -0.141. The number of Topliss-reactive ketones (excluding diaryl/α,β-unsaturated/α-hetero) is 1. The SMILES string of the molecule is C[C@H](NC(=O)C1Cc2ccc(OCCN)c(c2)-c2cc(ccc2O)[C@H](N(C)C(=O)[C@H](CCCCN)NC(=O)c2ccc(-c3ccc(Cl)cc3)cc2)C(=O)N[C@@H](C)C(=O)N1)C(=O)CO. The van der Waals surface area contributed by atoms with Gasteiger partial charge >= 0.3 is 0 Å². The summed E-state index contributed by atoms with van der Waals surface area (Å²) in [7, 11) is 1.40. The summed E-state index contributed by atoms with van der Waals surface area (Å²) < 4.78 is 5.96. The van der Waals surface area contributed by atoms with E-state index in [-0.39, 0.29) is 42.9 Å². The molecule has 5 atom stereocenters. The third kappa shape index (κ3) is 12.2. The number of nitrogens with zero attached hydrogens (tertiary/aromatic N) is 1. The van der Waals surface area contributed by atoms with Crippen LogP contribution in [0.5, 0.6) is 11.5 Å². The van der Waals surface area contributed by atoms with Crippen LogP contribution in [0.3, 0.4) is 0 Å². The molecule has 63 heavy (non-hydrogen) atoms. The highest BCUT2D eigenvalue weighted by atomic mass is 35.5. The molecule has 0 saturated carbocycles. The number of likely N-dealkylation sites (N-methyl/N-ethyl adjacent to an activating group) is 1. The summed E-state index contributed by atoms with van der Waals surface area (Å²) in [5.41, 5.74) is 14.9. The number of fused-ring (bicyclic) bond motifs is 5. The molecule has 10 N–H and O–H groups in total. The zero-order valence-corrected chi connectivity index (χ0v) is 36.1. The molecule has 4 aromatic carbocycles. The number of aliphatic hydroxyl groups is 1. The van der Waals surface area contributed by atoms with Crippen molar-refractivity contribution in [3.63, 3.8) is 0 Å². The number of nitrogens with one attached hydrogen (secondary N) is 4. The lowest BCUT2D eigenvalue weighted by Gasteiger charge is -2.32. The third-order valence-electron chi connectivity index (χ3n) is 10.7. The predicted octanol–water partition coefficient (Wildman–Crippen LogP) is 2.76. The van der Waals surface area contributed by atoms with Crippen molar-refractivity contribution in [1.29, 1.82) is 0 Å². The lowest BCUT2D eigenvalue weighted by atomic mass is 9.93. The van der Waals surface area contributed by atoms with E-state index in [0.29, 0.717) is 46.8 Å². The minimum absolute atomic E-state index is 0.0908. The number of carbonyl (C=O) groups is 6. The van der Waals surface area contributed by atoms with Crippen LogP contribution in [0.4, 0.5) is 0 Å². The summed E-state index contributed by atoms with van der Waals surface area (Å²) in [4.78, 5) is 83.6. The van der Waals surface area contributed by atoms with Gasteiger partial charge in [-0.25, -0.2) is 0 Å². The van der Waals surface area contributed by atoms with Crippen molar-refractivity contribution in [2.75, 3.05) is 33.4 Å². The summed E-state index contributed by atoms with van der Waals surface area (Å²) in [6, 6.07) is 17.3. The molecule has 1 heterocycles. The van der Waals surface area contributed by atoms with E-state index in [0.717, 1.165) is 11.1 Å². The standard InChI is InChI=1S/C46H54ClN7O9/c1-26(39(57)25-55)50-44(60)37-23-28-7-18-40(63-21-20-49)35(22-28)34-24-32(14-17-38(34)56)41(45(61)51-27(2)42(58)53-37)54(3)46(62)36(6-4-5-19-48)52-43(59)31-10-8-29(9-11-31)30-12-15-33(47)16-13-30/h7-18,22,24,26-27,36-37,41,55-56H,4-6,19-21,23,25,48-49H2,1-3H3,(H,50,60)(H,51,61)(H,52,59)(H,53,58)/t26-,27-,36-,37?,41-/m0/s1. The Bertz CT molecular complexity index is 2290. The second kappa shape index (κ2) is 22.2. The van der Waals surface area contributed by atoms with Crippen molar-refractivity contribution in [1.82, 2.24) is 26.2 Å². The average Bonchev–Trinajstić information content (AvgIpc) is 3.27. The third-order valence-corrected chi connectivity index (χ3v) is 11.0. The van der Waals surface area contributed by atoms with Gasteiger partial charge in [-0.2, -0.15) is 0 Å². The van der Waals surface area contributed by atoms with Gasteiger partial charge in [0.15, 0.2) is 5.78 Å².